The van der Waals surface area contributed by atoms with Crippen LogP contribution in [0.5, 0.6) is 0 Å². The Balaban J connectivity index is 1.60. The van der Waals surface area contributed by atoms with E-state index in [1.165, 1.54) is 12.7 Å². The van der Waals surface area contributed by atoms with Crippen LogP contribution in [0.15, 0.2) is 11.6 Å². The number of methoxy groups -OCH3 is 1. The number of ether oxygens (including phenoxy) is 1. The molecule has 0 spiro atoms. The summed E-state index contributed by atoms with van der Waals surface area (Å²) in [5.41, 5.74) is 0.248. The zero-order chi connectivity index (χ0) is 26.5. The van der Waals surface area contributed by atoms with E-state index in [4.69, 9.17) is 4.74 Å². The third kappa shape index (κ3) is 3.09. The predicted molar refractivity (Wildman–Crippen MR) is 140 cm³/mol. The Morgan fingerprint density at radius 2 is 1.64 bits per heavy atom. The normalized spacial score (nSPS) is 53.7. The topological polar surface area (TPSA) is 87.0 Å². The number of esters is 1. The lowest BCUT2D eigenvalue weighted by molar-refractivity contribution is -0.219. The van der Waals surface area contributed by atoms with E-state index in [9.17, 15) is 20.1 Å². The molecule has 0 radical (unpaired) electrons. The highest BCUT2D eigenvalue weighted by atomic mass is 16.5. The number of carbonyl (C=O) groups excluding carboxylic acids is 1. The summed E-state index contributed by atoms with van der Waals surface area (Å²) >= 11 is 0. The van der Waals surface area contributed by atoms with Crippen LogP contribution < -0.4 is 0 Å². The maximum Gasteiger partial charge on any atom is 0.312 e. The molecule has 0 unspecified atom stereocenters. The minimum atomic E-state index is -0.635. The first-order valence-corrected chi connectivity index (χ1v) is 14.4. The van der Waals surface area contributed by atoms with Crippen LogP contribution in [0.2, 0.25) is 0 Å². The van der Waals surface area contributed by atoms with E-state index in [0.29, 0.717) is 18.3 Å². The number of hydrogen-bond donors (Lipinski definition) is 3. The molecule has 5 aliphatic rings. The summed E-state index contributed by atoms with van der Waals surface area (Å²) < 4.78 is 5.42. The van der Waals surface area contributed by atoms with Gasteiger partial charge >= 0.3 is 5.97 Å². The Kier molecular flexibility index (Phi) is 5.97. The van der Waals surface area contributed by atoms with Crippen LogP contribution in [-0.4, -0.2) is 47.2 Å². The fraction of sp³-hybridized carbons (Fsp3) is 0.903. The monoisotopic (exact) mass is 502 g/mol. The van der Waals surface area contributed by atoms with Crippen LogP contribution in [0.4, 0.5) is 0 Å². The van der Waals surface area contributed by atoms with Crippen LogP contribution in [0.25, 0.3) is 0 Å². The van der Waals surface area contributed by atoms with E-state index in [0.717, 1.165) is 51.4 Å². The molecule has 0 aromatic heterocycles. The van der Waals surface area contributed by atoms with Gasteiger partial charge in [0.1, 0.15) is 0 Å². The molecule has 5 aliphatic carbocycles. The number of aliphatic hydroxyl groups excluding tert-OH is 3. The highest BCUT2D eigenvalue weighted by molar-refractivity contribution is 5.78. The molecular formula is C31H50O5. The SMILES string of the molecule is COC(=O)[C@@]12CC[C@]3(C)C(=CC[C@@H]4[C@@]5(C)CC[C@H](O)[C@@](C)(CO)[C@@H]5CC[C@]43C)[C@@H]1CC(C)(C)[C@@H](O)C2. The quantitative estimate of drug-likeness (QED) is 0.354. The maximum atomic E-state index is 13.4. The zero-order valence-corrected chi connectivity index (χ0v) is 23.7. The summed E-state index contributed by atoms with van der Waals surface area (Å²) in [6, 6.07) is 0. The molecule has 4 fully saturated rings. The van der Waals surface area contributed by atoms with Gasteiger partial charge in [-0.2, -0.15) is 0 Å². The van der Waals surface area contributed by atoms with Crippen molar-refractivity contribution >= 4 is 5.97 Å². The molecule has 4 saturated carbocycles. The summed E-state index contributed by atoms with van der Waals surface area (Å²) in [5.74, 6) is 0.731. The molecule has 0 saturated heterocycles. The van der Waals surface area contributed by atoms with Crippen LogP contribution in [-0.2, 0) is 9.53 Å². The maximum absolute atomic E-state index is 13.4. The third-order valence-corrected chi connectivity index (χ3v) is 13.5. The van der Waals surface area contributed by atoms with Crippen molar-refractivity contribution in [1.82, 2.24) is 0 Å². The fourth-order valence-electron chi connectivity index (χ4n) is 10.8. The molecule has 36 heavy (non-hydrogen) atoms. The molecule has 5 heteroatoms. The Bertz CT molecular complexity index is 957. The molecule has 5 rings (SSSR count). The third-order valence-electron chi connectivity index (χ3n) is 13.5. The lowest BCUT2D eigenvalue weighted by Gasteiger charge is -2.71. The molecule has 3 N–H and O–H groups in total. The van der Waals surface area contributed by atoms with Crippen molar-refractivity contribution in [2.75, 3.05) is 13.7 Å². The van der Waals surface area contributed by atoms with Crippen molar-refractivity contribution < 1.29 is 24.9 Å². The zero-order valence-electron chi connectivity index (χ0n) is 23.7. The minimum absolute atomic E-state index is 0.0177. The first-order valence-electron chi connectivity index (χ1n) is 14.4. The molecule has 10 atom stereocenters. The summed E-state index contributed by atoms with van der Waals surface area (Å²) in [5, 5.41) is 32.5. The van der Waals surface area contributed by atoms with Crippen LogP contribution in [0.3, 0.4) is 0 Å². The average Bonchev–Trinajstić information content (AvgIpc) is 2.82. The summed E-state index contributed by atoms with van der Waals surface area (Å²) in [6.07, 6.45) is 9.39. The molecule has 0 aliphatic heterocycles. The highest BCUT2D eigenvalue weighted by Crippen LogP contribution is 2.75. The summed E-state index contributed by atoms with van der Waals surface area (Å²) in [4.78, 5) is 13.4. The minimum Gasteiger partial charge on any atom is -0.469 e. The first kappa shape index (κ1) is 26.7. The lowest BCUT2D eigenvalue weighted by Crippen LogP contribution is -2.66. The largest absolute Gasteiger partial charge is 0.469 e. The highest BCUT2D eigenvalue weighted by Gasteiger charge is 2.70. The number of allylic oxidation sites excluding steroid dienone is 2. The van der Waals surface area contributed by atoms with Crippen molar-refractivity contribution in [3.63, 3.8) is 0 Å². The predicted octanol–water partition coefficient (Wildman–Crippen LogP) is 5.27. The van der Waals surface area contributed by atoms with E-state index in [1.54, 1.807) is 0 Å². The van der Waals surface area contributed by atoms with Gasteiger partial charge in [-0.25, -0.2) is 0 Å². The van der Waals surface area contributed by atoms with E-state index < -0.39 is 23.0 Å². The molecule has 0 heterocycles. The van der Waals surface area contributed by atoms with Gasteiger partial charge in [0.15, 0.2) is 0 Å². The number of rotatable bonds is 2. The molecule has 0 amide bonds. The van der Waals surface area contributed by atoms with Crippen LogP contribution in [0.1, 0.15) is 99.3 Å². The van der Waals surface area contributed by atoms with Gasteiger partial charge in [-0.1, -0.05) is 53.2 Å². The lowest BCUT2D eigenvalue weighted by atomic mass is 9.33. The summed E-state index contributed by atoms with van der Waals surface area (Å²) in [6.45, 7) is 13.9. The molecular weight excluding hydrogens is 452 g/mol. The standard InChI is InChI=1S/C31H50O5/c1-26(2)16-20-19-8-9-22-27(3)12-11-23(33)28(4,18-32)21(27)10-13-30(22,6)29(19,5)14-15-31(20,17-24(26)34)25(35)36-7/h8,20-24,32-34H,9-18H2,1-7H3/t20-,21+,22+,23-,24-,27-,28-,29+,30+,31+/m0/s1. The molecule has 0 bridgehead atoms. The van der Waals surface area contributed by atoms with Gasteiger partial charge in [0.2, 0.25) is 0 Å². The van der Waals surface area contributed by atoms with Gasteiger partial charge in [0.05, 0.1) is 31.3 Å². The number of aliphatic hydroxyl groups is 3. The van der Waals surface area contributed by atoms with E-state index in [-0.39, 0.29) is 40.2 Å². The Labute approximate surface area is 218 Å². The van der Waals surface area contributed by atoms with E-state index in [1.807, 2.05) is 0 Å². The van der Waals surface area contributed by atoms with E-state index in [2.05, 4.69) is 47.6 Å². The van der Waals surface area contributed by atoms with Gasteiger partial charge in [-0.3, -0.25) is 4.79 Å². The second-order valence-corrected chi connectivity index (χ2v) is 15.1. The summed E-state index contributed by atoms with van der Waals surface area (Å²) in [7, 11) is 1.50. The number of fused-ring (bicyclic) bond motifs is 7. The van der Waals surface area contributed by atoms with Crippen molar-refractivity contribution in [2.45, 2.75) is 112 Å². The van der Waals surface area contributed by atoms with Gasteiger partial charge in [-0.05, 0) is 97.2 Å². The van der Waals surface area contributed by atoms with Gasteiger partial charge in [0, 0.05) is 5.41 Å². The Hall–Kier alpha value is -0.910. The van der Waals surface area contributed by atoms with Crippen molar-refractivity contribution in [3.05, 3.63) is 11.6 Å². The number of hydrogen-bond acceptors (Lipinski definition) is 5. The molecule has 204 valence electrons. The second kappa shape index (κ2) is 8.05. The molecule has 5 nitrogen and oxygen atoms in total. The Morgan fingerprint density at radius 3 is 2.28 bits per heavy atom. The molecule has 0 aromatic rings. The van der Waals surface area contributed by atoms with Gasteiger partial charge in [0.25, 0.3) is 0 Å². The number of carbonyl (C=O) groups is 1. The van der Waals surface area contributed by atoms with Crippen LogP contribution >= 0.6 is 0 Å². The van der Waals surface area contributed by atoms with Crippen molar-refractivity contribution in [3.8, 4) is 0 Å². The Morgan fingerprint density at radius 1 is 0.944 bits per heavy atom. The van der Waals surface area contributed by atoms with E-state index >= 15 is 0 Å². The van der Waals surface area contributed by atoms with Gasteiger partial charge < -0.3 is 20.1 Å². The fourth-order valence-corrected chi connectivity index (χ4v) is 10.8. The van der Waals surface area contributed by atoms with Crippen LogP contribution in [0, 0.1) is 50.2 Å². The average molecular weight is 503 g/mol. The van der Waals surface area contributed by atoms with Gasteiger partial charge in [-0.15, -0.1) is 0 Å². The second-order valence-electron chi connectivity index (χ2n) is 15.1. The van der Waals surface area contributed by atoms with Crippen molar-refractivity contribution in [1.29, 1.82) is 0 Å². The first-order chi connectivity index (χ1) is 16.7. The molecule has 0 aromatic carbocycles. The smallest absolute Gasteiger partial charge is 0.312 e. The van der Waals surface area contributed by atoms with Crippen molar-refractivity contribution in [2.24, 2.45) is 50.2 Å².